The van der Waals surface area contributed by atoms with Gasteiger partial charge in [-0.1, -0.05) is 37.3 Å². The van der Waals surface area contributed by atoms with Crippen LogP contribution >= 0.6 is 0 Å². The minimum atomic E-state index is -1.01. The molecule has 0 aromatic heterocycles. The number of likely N-dealkylation sites (tertiary alicyclic amines) is 1. The maximum Gasteiger partial charge on any atom is 0.219 e. The average molecular weight is 322 g/mol. The molecule has 0 saturated carbocycles. The molecule has 0 spiro atoms. The van der Waals surface area contributed by atoms with Gasteiger partial charge in [0.1, 0.15) is 0 Å². The monoisotopic (exact) mass is 322 g/mol. The molecule has 1 amide bonds. The molecule has 1 aromatic carbocycles. The summed E-state index contributed by atoms with van der Waals surface area (Å²) in [6, 6.07) is 9.00. The summed E-state index contributed by atoms with van der Waals surface area (Å²) in [5.41, 5.74) is 1.15. The molecule has 1 aliphatic rings. The fraction of sp³-hybridized carbons (Fsp3) is 0.588. The number of nitrogens with one attached hydrogen (secondary N) is 1. The van der Waals surface area contributed by atoms with E-state index in [1.54, 1.807) is 6.92 Å². The normalized spacial score (nSPS) is 28.0. The molecule has 1 aromatic rings. The van der Waals surface area contributed by atoms with Gasteiger partial charge in [0.15, 0.2) is 0 Å². The van der Waals surface area contributed by atoms with Gasteiger partial charge in [0.2, 0.25) is 5.91 Å². The van der Waals surface area contributed by atoms with E-state index in [0.717, 1.165) is 12.0 Å². The number of rotatable bonds is 7. The number of hydrogen-bond acceptors (Lipinski definition) is 5. The quantitative estimate of drug-likeness (QED) is 0.544. The average Bonchev–Trinajstić information content (AvgIpc) is 2.81. The van der Waals surface area contributed by atoms with Crippen molar-refractivity contribution in [3.8, 4) is 0 Å². The van der Waals surface area contributed by atoms with Crippen LogP contribution in [-0.4, -0.2) is 70.1 Å². The predicted molar refractivity (Wildman–Crippen MR) is 86.8 cm³/mol. The van der Waals surface area contributed by atoms with E-state index in [9.17, 15) is 20.1 Å². The van der Waals surface area contributed by atoms with E-state index >= 15 is 0 Å². The van der Waals surface area contributed by atoms with Crippen molar-refractivity contribution in [3.05, 3.63) is 35.9 Å². The van der Waals surface area contributed by atoms with E-state index in [-0.39, 0.29) is 19.1 Å². The third-order valence-corrected chi connectivity index (χ3v) is 4.51. The topological polar surface area (TPSA) is 93.0 Å². The Hall–Kier alpha value is -1.47. The first-order valence-electron chi connectivity index (χ1n) is 8.11. The van der Waals surface area contributed by atoms with E-state index in [1.165, 1.54) is 0 Å². The minimum Gasteiger partial charge on any atom is -0.395 e. The first-order valence-corrected chi connectivity index (χ1v) is 8.11. The van der Waals surface area contributed by atoms with Crippen LogP contribution in [0.4, 0.5) is 0 Å². The molecule has 6 nitrogen and oxygen atoms in total. The van der Waals surface area contributed by atoms with Gasteiger partial charge in [0.05, 0.1) is 30.9 Å². The van der Waals surface area contributed by atoms with Crippen LogP contribution in [0.1, 0.15) is 18.9 Å². The molecular formula is C17H26N2O4. The molecule has 1 heterocycles. The molecule has 4 N–H and O–H groups in total. The Morgan fingerprint density at radius 3 is 2.43 bits per heavy atom. The minimum absolute atomic E-state index is 0.0952. The van der Waals surface area contributed by atoms with Gasteiger partial charge in [-0.15, -0.1) is 0 Å². The fourth-order valence-corrected chi connectivity index (χ4v) is 3.12. The Morgan fingerprint density at radius 1 is 1.17 bits per heavy atom. The highest BCUT2D eigenvalue weighted by Gasteiger charge is 2.46. The predicted octanol–water partition coefficient (Wildman–Crippen LogP) is -0.478. The molecular weight excluding hydrogens is 296 g/mol. The molecule has 4 unspecified atom stereocenters. The molecule has 1 aliphatic heterocycles. The number of benzene rings is 1. The lowest BCUT2D eigenvalue weighted by molar-refractivity contribution is -0.121. The van der Waals surface area contributed by atoms with Gasteiger partial charge in [-0.05, 0) is 12.0 Å². The van der Waals surface area contributed by atoms with Gasteiger partial charge in [0.25, 0.3) is 0 Å². The summed E-state index contributed by atoms with van der Waals surface area (Å²) in [5.74, 6) is -0.0952. The Labute approximate surface area is 136 Å². The van der Waals surface area contributed by atoms with Gasteiger partial charge >= 0.3 is 0 Å². The maximum absolute atomic E-state index is 11.5. The second kappa shape index (κ2) is 8.40. The third-order valence-electron chi connectivity index (χ3n) is 4.51. The van der Waals surface area contributed by atoms with Crippen LogP contribution in [-0.2, 0) is 11.2 Å². The lowest BCUT2D eigenvalue weighted by Crippen LogP contribution is -2.48. The molecule has 0 aliphatic carbocycles. The van der Waals surface area contributed by atoms with Gasteiger partial charge in [-0.25, -0.2) is 0 Å². The highest BCUT2D eigenvalue weighted by Crippen LogP contribution is 2.25. The first-order chi connectivity index (χ1) is 11.1. The molecule has 1 saturated heterocycles. The van der Waals surface area contributed by atoms with Crippen molar-refractivity contribution in [2.24, 2.45) is 0 Å². The van der Waals surface area contributed by atoms with Crippen LogP contribution in [0.25, 0.3) is 0 Å². The molecule has 0 bridgehead atoms. The van der Waals surface area contributed by atoms with Crippen LogP contribution in [0.3, 0.4) is 0 Å². The van der Waals surface area contributed by atoms with Gasteiger partial charge in [0, 0.05) is 19.5 Å². The van der Waals surface area contributed by atoms with E-state index in [4.69, 9.17) is 0 Å². The SMILES string of the molecule is CCC(=O)NCC1C(O)C(O)C(CO)N1CCc1ccccc1. The lowest BCUT2D eigenvalue weighted by Gasteiger charge is -2.29. The molecule has 6 heteroatoms. The maximum atomic E-state index is 11.5. The van der Waals surface area contributed by atoms with Crippen molar-refractivity contribution in [1.82, 2.24) is 10.2 Å². The van der Waals surface area contributed by atoms with Gasteiger partial charge in [-0.3, -0.25) is 9.69 Å². The standard InChI is InChI=1S/C17H26N2O4/c1-2-15(21)18-10-13-16(22)17(23)14(11-20)19(13)9-8-12-6-4-3-5-7-12/h3-7,13-14,16-17,20,22-23H,2,8-11H2,1H3,(H,18,21). The lowest BCUT2D eigenvalue weighted by atomic mass is 10.1. The Morgan fingerprint density at radius 2 is 1.83 bits per heavy atom. The van der Waals surface area contributed by atoms with E-state index in [2.05, 4.69) is 5.32 Å². The zero-order chi connectivity index (χ0) is 16.8. The number of hydrogen-bond donors (Lipinski definition) is 4. The molecule has 128 valence electrons. The van der Waals surface area contributed by atoms with Crippen LogP contribution in [0.15, 0.2) is 30.3 Å². The Kier molecular flexibility index (Phi) is 6.53. The van der Waals surface area contributed by atoms with E-state index in [0.29, 0.717) is 13.0 Å². The zero-order valence-corrected chi connectivity index (χ0v) is 13.4. The molecule has 2 rings (SSSR count). The summed E-state index contributed by atoms with van der Waals surface area (Å²) in [7, 11) is 0. The number of nitrogens with zero attached hydrogens (tertiary/aromatic N) is 1. The van der Waals surface area contributed by atoms with Crippen LogP contribution in [0.2, 0.25) is 0 Å². The van der Waals surface area contributed by atoms with E-state index in [1.807, 2.05) is 35.2 Å². The van der Waals surface area contributed by atoms with Gasteiger partial charge < -0.3 is 20.6 Å². The number of carbonyl (C=O) groups excluding carboxylic acids is 1. The van der Waals surface area contributed by atoms with Crippen molar-refractivity contribution in [3.63, 3.8) is 0 Å². The summed E-state index contributed by atoms with van der Waals surface area (Å²) in [5, 5.41) is 32.7. The van der Waals surface area contributed by atoms with Crippen molar-refractivity contribution in [2.75, 3.05) is 19.7 Å². The van der Waals surface area contributed by atoms with Crippen molar-refractivity contribution in [1.29, 1.82) is 0 Å². The first kappa shape index (κ1) is 17.9. The summed E-state index contributed by atoms with van der Waals surface area (Å²) >= 11 is 0. The molecule has 23 heavy (non-hydrogen) atoms. The smallest absolute Gasteiger partial charge is 0.219 e. The summed E-state index contributed by atoms with van der Waals surface area (Å²) in [6.45, 7) is 2.39. The summed E-state index contributed by atoms with van der Waals surface area (Å²) in [6.07, 6.45) is -0.882. The Bertz CT molecular complexity index is 497. The highest BCUT2D eigenvalue weighted by atomic mass is 16.3. The number of amides is 1. The molecule has 4 atom stereocenters. The largest absolute Gasteiger partial charge is 0.395 e. The summed E-state index contributed by atoms with van der Waals surface area (Å²) in [4.78, 5) is 13.4. The third kappa shape index (κ3) is 4.29. The van der Waals surface area contributed by atoms with Crippen LogP contribution < -0.4 is 5.32 Å². The van der Waals surface area contributed by atoms with Crippen LogP contribution in [0.5, 0.6) is 0 Å². The molecule has 0 radical (unpaired) electrons. The van der Waals surface area contributed by atoms with Gasteiger partial charge in [-0.2, -0.15) is 0 Å². The van der Waals surface area contributed by atoms with E-state index < -0.39 is 24.3 Å². The number of aliphatic hydroxyl groups is 3. The second-order valence-electron chi connectivity index (χ2n) is 5.93. The number of aliphatic hydroxyl groups excluding tert-OH is 3. The zero-order valence-electron chi connectivity index (χ0n) is 13.4. The summed E-state index contributed by atoms with van der Waals surface area (Å²) < 4.78 is 0. The van der Waals surface area contributed by atoms with Crippen molar-refractivity contribution >= 4 is 5.91 Å². The van der Waals surface area contributed by atoms with Crippen molar-refractivity contribution in [2.45, 2.75) is 44.1 Å². The highest BCUT2D eigenvalue weighted by molar-refractivity contribution is 5.75. The second-order valence-corrected chi connectivity index (χ2v) is 5.93. The molecule has 1 fully saturated rings. The number of carbonyl (C=O) groups is 1. The Balaban J connectivity index is 2.04. The fourth-order valence-electron chi connectivity index (χ4n) is 3.12. The van der Waals surface area contributed by atoms with Crippen LogP contribution in [0, 0.1) is 0 Å². The van der Waals surface area contributed by atoms with Crippen molar-refractivity contribution < 1.29 is 20.1 Å².